The molecule has 0 unspecified atom stereocenters. The molecule has 0 amide bonds. The van der Waals surface area contributed by atoms with Crippen molar-refractivity contribution >= 4 is 0 Å². The maximum absolute atomic E-state index is 14.0. The normalized spacial score (nSPS) is 21.3. The van der Waals surface area contributed by atoms with E-state index in [0.717, 1.165) is 42.1 Å². The number of hydrogen-bond donors (Lipinski definition) is 0. The summed E-state index contributed by atoms with van der Waals surface area (Å²) in [7, 11) is 2.07. The van der Waals surface area contributed by atoms with Gasteiger partial charge in [0.2, 0.25) is 0 Å². The molecule has 1 fully saturated rings. The quantitative estimate of drug-likeness (QED) is 0.766. The molecule has 1 aliphatic rings. The van der Waals surface area contributed by atoms with E-state index in [-0.39, 0.29) is 6.04 Å². The summed E-state index contributed by atoms with van der Waals surface area (Å²) in [6, 6.07) is 0.186. The van der Waals surface area contributed by atoms with Crippen LogP contribution in [0, 0.1) is 6.92 Å². The number of alkyl halides is 1. The van der Waals surface area contributed by atoms with Crippen molar-refractivity contribution in [2.75, 3.05) is 20.1 Å². The number of likely N-dealkylation sites (tertiary alicyclic amines) is 1. The number of aromatic nitrogens is 3. The first-order valence-electron chi connectivity index (χ1n) is 8.81. The number of likely N-dealkylation sites (N-methyl/N-ethyl adjacent to an activating group) is 1. The lowest BCUT2D eigenvalue weighted by atomic mass is 10.1. The van der Waals surface area contributed by atoms with Crippen molar-refractivity contribution in [2.24, 2.45) is 0 Å². The van der Waals surface area contributed by atoms with Gasteiger partial charge in [0.05, 0.1) is 5.69 Å². The van der Waals surface area contributed by atoms with Crippen LogP contribution in [0.5, 0.6) is 0 Å². The molecule has 25 heavy (non-hydrogen) atoms. The second-order valence-corrected chi connectivity index (χ2v) is 6.88. The van der Waals surface area contributed by atoms with Crippen LogP contribution in [0.1, 0.15) is 35.9 Å². The van der Waals surface area contributed by atoms with Gasteiger partial charge in [-0.05, 0) is 26.8 Å². The fourth-order valence-corrected chi connectivity index (χ4v) is 3.56. The average molecular weight is 347 g/mol. The lowest BCUT2D eigenvalue weighted by Gasteiger charge is -2.28. The molecule has 7 heteroatoms. The Morgan fingerprint density at radius 3 is 2.84 bits per heavy atom. The summed E-state index contributed by atoms with van der Waals surface area (Å²) < 4.78 is 19.3. The molecule has 2 atom stereocenters. The van der Waals surface area contributed by atoms with Gasteiger partial charge in [-0.1, -0.05) is 12.1 Å². The van der Waals surface area contributed by atoms with Crippen molar-refractivity contribution < 1.29 is 8.91 Å². The van der Waals surface area contributed by atoms with Crippen molar-refractivity contribution in [2.45, 2.75) is 52.0 Å². The third kappa shape index (κ3) is 4.41. The zero-order valence-corrected chi connectivity index (χ0v) is 15.2. The van der Waals surface area contributed by atoms with Crippen molar-refractivity contribution in [3.05, 3.63) is 41.3 Å². The average Bonchev–Trinajstić information content (AvgIpc) is 3.11. The molecule has 136 valence electrons. The highest BCUT2D eigenvalue weighted by Crippen LogP contribution is 2.24. The molecule has 0 aromatic carbocycles. The maximum Gasteiger partial charge on any atom is 0.138 e. The molecule has 0 radical (unpaired) electrons. The molecule has 2 aromatic heterocycles. The van der Waals surface area contributed by atoms with Gasteiger partial charge in [-0.15, -0.1) is 0 Å². The number of rotatable bonds is 7. The van der Waals surface area contributed by atoms with Crippen LogP contribution in [0.4, 0.5) is 4.39 Å². The van der Waals surface area contributed by atoms with E-state index in [0.29, 0.717) is 19.5 Å². The van der Waals surface area contributed by atoms with Crippen LogP contribution in [0.15, 0.2) is 23.2 Å². The highest BCUT2D eigenvalue weighted by atomic mass is 19.1. The van der Waals surface area contributed by atoms with Crippen molar-refractivity contribution in [3.8, 4) is 0 Å². The molecule has 1 aliphatic heterocycles. The molecule has 3 heterocycles. The second-order valence-electron chi connectivity index (χ2n) is 6.88. The Kier molecular flexibility index (Phi) is 5.75. The molecular weight excluding hydrogens is 321 g/mol. The van der Waals surface area contributed by atoms with Gasteiger partial charge < -0.3 is 9.42 Å². The number of hydrogen-bond acceptors (Lipinski definition) is 6. The van der Waals surface area contributed by atoms with Crippen LogP contribution in [0.3, 0.4) is 0 Å². The second kappa shape index (κ2) is 8.01. The van der Waals surface area contributed by atoms with Gasteiger partial charge in [0.15, 0.2) is 0 Å². The Bertz CT molecular complexity index is 677. The SMILES string of the molecule is CCc1noc(C)c1CN(C)C[C@@H]1C[C@H](F)CN1Cc1cncnc1. The van der Waals surface area contributed by atoms with Gasteiger partial charge in [0, 0.05) is 55.7 Å². The molecule has 0 bridgehead atoms. The van der Waals surface area contributed by atoms with Crippen LogP contribution < -0.4 is 0 Å². The van der Waals surface area contributed by atoms with Gasteiger partial charge in [-0.2, -0.15) is 0 Å². The summed E-state index contributed by atoms with van der Waals surface area (Å²) in [4.78, 5) is 12.5. The Balaban J connectivity index is 1.62. The molecule has 3 rings (SSSR count). The van der Waals surface area contributed by atoms with Crippen molar-refractivity contribution in [1.82, 2.24) is 24.9 Å². The van der Waals surface area contributed by atoms with Crippen LogP contribution in [0.2, 0.25) is 0 Å². The predicted molar refractivity (Wildman–Crippen MR) is 92.7 cm³/mol. The summed E-state index contributed by atoms with van der Waals surface area (Å²) in [5.41, 5.74) is 3.19. The first-order valence-corrected chi connectivity index (χ1v) is 8.81. The van der Waals surface area contributed by atoms with Gasteiger partial charge in [0.1, 0.15) is 18.3 Å². The van der Waals surface area contributed by atoms with Crippen LogP contribution in [-0.2, 0) is 19.5 Å². The number of aryl methyl sites for hydroxylation is 2. The molecule has 0 N–H and O–H groups in total. The number of halogens is 1. The van der Waals surface area contributed by atoms with E-state index in [2.05, 4.69) is 38.9 Å². The first-order chi connectivity index (χ1) is 12.1. The van der Waals surface area contributed by atoms with E-state index >= 15 is 0 Å². The Morgan fingerprint density at radius 2 is 2.12 bits per heavy atom. The summed E-state index contributed by atoms with van der Waals surface area (Å²) >= 11 is 0. The topological polar surface area (TPSA) is 58.3 Å². The summed E-state index contributed by atoms with van der Waals surface area (Å²) in [6.45, 7) is 6.77. The predicted octanol–water partition coefficient (Wildman–Crippen LogP) is 2.38. The van der Waals surface area contributed by atoms with Gasteiger partial charge in [-0.25, -0.2) is 14.4 Å². The lowest BCUT2D eigenvalue weighted by molar-refractivity contribution is 0.180. The first kappa shape index (κ1) is 17.9. The monoisotopic (exact) mass is 347 g/mol. The largest absolute Gasteiger partial charge is 0.361 e. The minimum atomic E-state index is -0.772. The molecule has 0 aliphatic carbocycles. The summed E-state index contributed by atoms with van der Waals surface area (Å²) in [5.74, 6) is 0.872. The van der Waals surface area contributed by atoms with E-state index in [1.165, 1.54) is 6.33 Å². The molecule has 6 nitrogen and oxygen atoms in total. The highest BCUT2D eigenvalue weighted by molar-refractivity contribution is 5.21. The Labute approximate surface area is 148 Å². The number of nitrogens with zero attached hydrogens (tertiary/aromatic N) is 5. The fourth-order valence-electron chi connectivity index (χ4n) is 3.56. The zero-order valence-electron chi connectivity index (χ0n) is 15.2. The molecule has 0 spiro atoms. The van der Waals surface area contributed by atoms with Crippen molar-refractivity contribution in [1.29, 1.82) is 0 Å². The van der Waals surface area contributed by atoms with Crippen molar-refractivity contribution in [3.63, 3.8) is 0 Å². The summed E-state index contributed by atoms with van der Waals surface area (Å²) in [6.07, 6.45) is 5.77. The van der Waals surface area contributed by atoms with E-state index in [9.17, 15) is 4.39 Å². The minimum Gasteiger partial charge on any atom is -0.361 e. The van der Waals surface area contributed by atoms with Gasteiger partial charge in [-0.3, -0.25) is 4.90 Å². The fraction of sp³-hybridized carbons (Fsp3) is 0.611. The van der Waals surface area contributed by atoms with Gasteiger partial charge >= 0.3 is 0 Å². The van der Waals surface area contributed by atoms with Crippen LogP contribution in [0.25, 0.3) is 0 Å². The Morgan fingerprint density at radius 1 is 1.36 bits per heavy atom. The smallest absolute Gasteiger partial charge is 0.138 e. The highest BCUT2D eigenvalue weighted by Gasteiger charge is 2.33. The molecular formula is C18H26FN5O. The van der Waals surface area contributed by atoms with Gasteiger partial charge in [0.25, 0.3) is 0 Å². The van der Waals surface area contributed by atoms with E-state index in [1.807, 2.05) is 6.92 Å². The van der Waals surface area contributed by atoms with E-state index in [4.69, 9.17) is 4.52 Å². The molecule has 0 saturated carbocycles. The standard InChI is InChI=1S/C18H26FN5O/c1-4-18-17(13(2)25-22-18)11-23(3)10-16-5-15(19)9-24(16)8-14-6-20-12-21-7-14/h6-7,12,15-16H,4-5,8-11H2,1-3H3/t15-,16-/m0/s1. The van der Waals surface area contributed by atoms with E-state index in [1.54, 1.807) is 12.4 Å². The molecule has 1 saturated heterocycles. The third-order valence-corrected chi connectivity index (χ3v) is 4.83. The minimum absolute atomic E-state index is 0.186. The molecule has 2 aromatic rings. The summed E-state index contributed by atoms with van der Waals surface area (Å²) in [5, 5.41) is 4.12. The van der Waals surface area contributed by atoms with Crippen LogP contribution in [-0.4, -0.2) is 57.3 Å². The van der Waals surface area contributed by atoms with E-state index < -0.39 is 6.17 Å². The zero-order chi connectivity index (χ0) is 17.8. The lowest BCUT2D eigenvalue weighted by Crippen LogP contribution is -2.38. The Hall–Kier alpha value is -1.86. The maximum atomic E-state index is 14.0. The third-order valence-electron chi connectivity index (χ3n) is 4.83. The van der Waals surface area contributed by atoms with Crippen LogP contribution >= 0.6 is 0 Å².